The lowest BCUT2D eigenvalue weighted by atomic mass is 10.1. The quantitative estimate of drug-likeness (QED) is 0.940. The highest BCUT2D eigenvalue weighted by atomic mass is 19.4. The number of nitrogens with zero attached hydrogens (tertiary/aromatic N) is 2. The molecule has 0 aliphatic rings. The largest absolute Gasteiger partial charge is 0.416 e. The van der Waals surface area contributed by atoms with Gasteiger partial charge in [0, 0.05) is 5.69 Å². The predicted octanol–water partition coefficient (Wildman–Crippen LogP) is 3.40. The number of rotatable bonds is 4. The van der Waals surface area contributed by atoms with Gasteiger partial charge in [0.25, 0.3) is 0 Å². The Morgan fingerprint density at radius 2 is 1.76 bits per heavy atom. The van der Waals surface area contributed by atoms with Crippen LogP contribution in [0.3, 0.4) is 0 Å². The minimum atomic E-state index is -4.32. The fraction of sp³-hybridized carbons (Fsp3) is 0.400. The average molecular weight is 297 g/mol. The minimum absolute atomic E-state index is 0.602. The van der Waals surface area contributed by atoms with Crippen LogP contribution in [0.5, 0.6) is 0 Å². The first kappa shape index (κ1) is 15.6. The maximum atomic E-state index is 12.6. The molecule has 1 aromatic carbocycles. The topological polar surface area (TPSA) is 43.8 Å². The van der Waals surface area contributed by atoms with E-state index in [2.05, 4.69) is 5.10 Å². The molecule has 0 aliphatic heterocycles. The molecule has 0 aliphatic carbocycles. The van der Waals surface area contributed by atoms with Crippen molar-refractivity contribution in [2.75, 3.05) is 6.54 Å². The van der Waals surface area contributed by atoms with Crippen molar-refractivity contribution >= 4 is 0 Å². The first-order valence-electron chi connectivity index (χ1n) is 6.77. The molecule has 0 saturated carbocycles. The normalized spacial score (nSPS) is 11.9. The third-order valence-corrected chi connectivity index (χ3v) is 3.51. The number of halogens is 3. The van der Waals surface area contributed by atoms with Crippen molar-refractivity contribution in [3.8, 4) is 5.69 Å². The molecule has 0 atom stereocenters. The van der Waals surface area contributed by atoms with Gasteiger partial charge in [0.2, 0.25) is 0 Å². The monoisotopic (exact) mass is 297 g/mol. The summed E-state index contributed by atoms with van der Waals surface area (Å²) in [7, 11) is 0. The Morgan fingerprint density at radius 1 is 1.14 bits per heavy atom. The second-order valence-corrected chi connectivity index (χ2v) is 5.00. The lowest BCUT2D eigenvalue weighted by Gasteiger charge is -2.09. The number of alkyl halides is 3. The van der Waals surface area contributed by atoms with Crippen molar-refractivity contribution < 1.29 is 13.2 Å². The van der Waals surface area contributed by atoms with E-state index in [0.717, 1.165) is 41.9 Å². The van der Waals surface area contributed by atoms with E-state index in [1.54, 1.807) is 4.68 Å². The average Bonchev–Trinajstić information content (AvgIpc) is 2.71. The highest BCUT2D eigenvalue weighted by Crippen LogP contribution is 2.30. The van der Waals surface area contributed by atoms with Crippen LogP contribution >= 0.6 is 0 Å². The predicted molar refractivity (Wildman–Crippen MR) is 75.4 cm³/mol. The molecule has 3 nitrogen and oxygen atoms in total. The van der Waals surface area contributed by atoms with Gasteiger partial charge in [-0.15, -0.1) is 0 Å². The van der Waals surface area contributed by atoms with E-state index in [0.29, 0.717) is 12.2 Å². The van der Waals surface area contributed by atoms with Crippen LogP contribution in [0.4, 0.5) is 13.2 Å². The number of benzene rings is 1. The molecule has 2 rings (SSSR count). The van der Waals surface area contributed by atoms with Gasteiger partial charge >= 0.3 is 6.18 Å². The highest BCUT2D eigenvalue weighted by molar-refractivity contribution is 5.39. The molecule has 0 spiro atoms. The van der Waals surface area contributed by atoms with Crippen molar-refractivity contribution in [3.63, 3.8) is 0 Å². The Morgan fingerprint density at radius 3 is 2.29 bits per heavy atom. The standard InChI is InChI=1S/C15H18F3N3/c1-10-14(4-3-9-19)11(2)21(20-10)13-7-5-12(6-8-13)15(16,17)18/h5-8H,3-4,9,19H2,1-2H3. The molecule has 1 aromatic heterocycles. The molecule has 21 heavy (non-hydrogen) atoms. The van der Waals surface area contributed by atoms with E-state index in [1.807, 2.05) is 13.8 Å². The molecule has 0 bridgehead atoms. The third-order valence-electron chi connectivity index (χ3n) is 3.51. The van der Waals surface area contributed by atoms with Crippen molar-refractivity contribution in [1.29, 1.82) is 0 Å². The van der Waals surface area contributed by atoms with Gasteiger partial charge in [-0.05, 0) is 63.1 Å². The summed E-state index contributed by atoms with van der Waals surface area (Å²) in [5, 5.41) is 4.42. The van der Waals surface area contributed by atoms with E-state index in [9.17, 15) is 13.2 Å². The molecule has 0 radical (unpaired) electrons. The molecule has 2 aromatic rings. The molecule has 0 amide bonds. The van der Waals surface area contributed by atoms with Crippen molar-refractivity contribution in [2.24, 2.45) is 5.73 Å². The van der Waals surface area contributed by atoms with Gasteiger partial charge in [-0.25, -0.2) is 4.68 Å². The fourth-order valence-corrected chi connectivity index (χ4v) is 2.36. The summed E-state index contributed by atoms with van der Waals surface area (Å²) in [5.74, 6) is 0. The summed E-state index contributed by atoms with van der Waals surface area (Å²) in [6, 6.07) is 5.03. The second-order valence-electron chi connectivity index (χ2n) is 5.00. The SMILES string of the molecule is Cc1nn(-c2ccc(C(F)(F)F)cc2)c(C)c1CCCN. The summed E-state index contributed by atoms with van der Waals surface area (Å²) >= 11 is 0. The first-order chi connectivity index (χ1) is 9.84. The summed E-state index contributed by atoms with van der Waals surface area (Å²) in [6.45, 7) is 4.42. The lowest BCUT2D eigenvalue weighted by Crippen LogP contribution is -2.06. The Hall–Kier alpha value is -1.82. The fourth-order valence-electron chi connectivity index (χ4n) is 2.36. The van der Waals surface area contributed by atoms with Gasteiger partial charge in [-0.2, -0.15) is 18.3 Å². The molecule has 1 heterocycles. The summed E-state index contributed by atoms with van der Waals surface area (Å²) in [5.41, 5.74) is 8.44. The third kappa shape index (κ3) is 3.26. The molecule has 0 fully saturated rings. The Bertz CT molecular complexity index is 612. The first-order valence-corrected chi connectivity index (χ1v) is 6.77. The van der Waals surface area contributed by atoms with Crippen molar-refractivity contribution in [2.45, 2.75) is 32.9 Å². The van der Waals surface area contributed by atoms with E-state index >= 15 is 0 Å². The van der Waals surface area contributed by atoms with E-state index in [4.69, 9.17) is 5.73 Å². The molecular weight excluding hydrogens is 279 g/mol. The van der Waals surface area contributed by atoms with Gasteiger partial charge in [0.15, 0.2) is 0 Å². The molecular formula is C15H18F3N3. The summed E-state index contributed by atoms with van der Waals surface area (Å²) in [6.07, 6.45) is -2.63. The van der Waals surface area contributed by atoms with Gasteiger partial charge in [0.1, 0.15) is 0 Å². The van der Waals surface area contributed by atoms with Crippen molar-refractivity contribution in [3.05, 3.63) is 46.8 Å². The number of nitrogens with two attached hydrogens (primary N) is 1. The molecule has 0 unspecified atom stereocenters. The minimum Gasteiger partial charge on any atom is -0.330 e. The smallest absolute Gasteiger partial charge is 0.330 e. The summed E-state index contributed by atoms with van der Waals surface area (Å²) in [4.78, 5) is 0. The van der Waals surface area contributed by atoms with Crippen LogP contribution < -0.4 is 5.73 Å². The van der Waals surface area contributed by atoms with E-state index in [1.165, 1.54) is 12.1 Å². The maximum Gasteiger partial charge on any atom is 0.416 e. The molecule has 6 heteroatoms. The van der Waals surface area contributed by atoms with Crippen LogP contribution in [0.25, 0.3) is 5.69 Å². The summed E-state index contributed by atoms with van der Waals surface area (Å²) < 4.78 is 39.4. The molecule has 0 saturated heterocycles. The zero-order chi connectivity index (χ0) is 15.6. The molecule has 2 N–H and O–H groups in total. The van der Waals surface area contributed by atoms with E-state index in [-0.39, 0.29) is 0 Å². The van der Waals surface area contributed by atoms with Gasteiger partial charge in [-0.3, -0.25) is 0 Å². The lowest BCUT2D eigenvalue weighted by molar-refractivity contribution is -0.137. The highest BCUT2D eigenvalue weighted by Gasteiger charge is 2.30. The van der Waals surface area contributed by atoms with E-state index < -0.39 is 11.7 Å². The Balaban J connectivity index is 2.34. The van der Waals surface area contributed by atoms with Crippen molar-refractivity contribution in [1.82, 2.24) is 9.78 Å². The van der Waals surface area contributed by atoms with Gasteiger partial charge in [-0.1, -0.05) is 0 Å². The van der Waals surface area contributed by atoms with Crippen LogP contribution in [0.2, 0.25) is 0 Å². The van der Waals surface area contributed by atoms with Crippen LogP contribution in [-0.2, 0) is 12.6 Å². The number of hydrogen-bond donors (Lipinski definition) is 1. The van der Waals surface area contributed by atoms with Crippen LogP contribution in [0, 0.1) is 13.8 Å². The van der Waals surface area contributed by atoms with Crippen LogP contribution in [0.1, 0.15) is 28.9 Å². The Labute approximate surface area is 121 Å². The maximum absolute atomic E-state index is 12.6. The second kappa shape index (κ2) is 5.89. The Kier molecular flexibility index (Phi) is 4.37. The zero-order valence-electron chi connectivity index (χ0n) is 12.0. The van der Waals surface area contributed by atoms with Crippen LogP contribution in [-0.4, -0.2) is 16.3 Å². The van der Waals surface area contributed by atoms with Gasteiger partial charge in [0.05, 0.1) is 16.9 Å². The number of aryl methyl sites for hydroxylation is 1. The van der Waals surface area contributed by atoms with Gasteiger partial charge < -0.3 is 5.73 Å². The number of hydrogen-bond acceptors (Lipinski definition) is 2. The molecule has 114 valence electrons. The number of aromatic nitrogens is 2. The zero-order valence-corrected chi connectivity index (χ0v) is 12.0. The van der Waals surface area contributed by atoms with Crippen LogP contribution in [0.15, 0.2) is 24.3 Å².